The number of hydrogen-bond acceptors (Lipinski definition) is 7. The Morgan fingerprint density at radius 3 is 2.33 bits per heavy atom. The predicted octanol–water partition coefficient (Wildman–Crippen LogP) is -0.498. The summed E-state index contributed by atoms with van der Waals surface area (Å²) in [5.41, 5.74) is 5.47. The molecule has 0 saturated heterocycles. The van der Waals surface area contributed by atoms with E-state index >= 15 is 0 Å². The molecule has 0 aliphatic rings. The first-order valence-corrected chi connectivity index (χ1v) is 9.94. The van der Waals surface area contributed by atoms with Gasteiger partial charge in [0.2, 0.25) is 5.91 Å². The van der Waals surface area contributed by atoms with Crippen molar-refractivity contribution >= 4 is 21.8 Å². The van der Waals surface area contributed by atoms with Crippen molar-refractivity contribution in [3.8, 4) is 0 Å². The van der Waals surface area contributed by atoms with Gasteiger partial charge in [0, 0.05) is 33.5 Å². The van der Waals surface area contributed by atoms with Crippen LogP contribution in [0.25, 0.3) is 0 Å². The predicted molar refractivity (Wildman–Crippen MR) is 98.3 cm³/mol. The number of sulfone groups is 1. The van der Waals surface area contributed by atoms with Crippen molar-refractivity contribution in [2.75, 3.05) is 40.5 Å². The maximum absolute atomic E-state index is 12.7. The first-order valence-electron chi connectivity index (χ1n) is 8.23. The summed E-state index contributed by atoms with van der Waals surface area (Å²) in [5, 5.41) is 0.925. The van der Waals surface area contributed by atoms with Crippen LogP contribution in [0.3, 0.4) is 0 Å². The number of nitrogens with zero attached hydrogens (tertiary/aromatic N) is 2. The molecule has 0 spiro atoms. The molecule has 0 saturated carbocycles. The van der Waals surface area contributed by atoms with Crippen LogP contribution < -0.4 is 11.1 Å². The topological polar surface area (TPSA) is 141 Å². The molecule has 27 heavy (non-hydrogen) atoms. The van der Waals surface area contributed by atoms with E-state index in [2.05, 4.69) is 10.3 Å². The Morgan fingerprint density at radius 1 is 1.22 bits per heavy atom. The molecule has 3 N–H and O–H groups in total. The van der Waals surface area contributed by atoms with E-state index in [-0.39, 0.29) is 26.3 Å². The molecular weight excluding hydrogens is 376 g/mol. The van der Waals surface area contributed by atoms with Crippen LogP contribution in [0.15, 0.2) is 24.4 Å². The van der Waals surface area contributed by atoms with Crippen molar-refractivity contribution in [2.24, 2.45) is 5.73 Å². The van der Waals surface area contributed by atoms with Gasteiger partial charge < -0.3 is 25.4 Å². The van der Waals surface area contributed by atoms with Crippen molar-refractivity contribution in [3.05, 3.63) is 30.1 Å². The quantitative estimate of drug-likeness (QED) is 0.480. The standard InChI is InChI=1S/C16H26N4O6S/c1-25-9-7-20(8-10-26-2)16(22)19-15(11-14(17)21)27(23,24)12-13-5-3-4-6-18-13/h3-6,15H,7-12H2,1-2H3,(H2,17,21)(H,19,22). The molecule has 1 rings (SSSR count). The Bertz CT molecular complexity index is 690. The number of nitrogens with one attached hydrogen (secondary N) is 1. The number of urea groups is 1. The lowest BCUT2D eigenvalue weighted by Crippen LogP contribution is -2.51. The summed E-state index contributed by atoms with van der Waals surface area (Å²) < 4.78 is 35.3. The van der Waals surface area contributed by atoms with Crippen molar-refractivity contribution in [1.82, 2.24) is 15.2 Å². The fourth-order valence-corrected chi connectivity index (χ4v) is 3.67. The Labute approximate surface area is 158 Å². The molecule has 1 aromatic rings. The number of hydrogen-bond donors (Lipinski definition) is 2. The number of carbonyl (C=O) groups is 2. The van der Waals surface area contributed by atoms with Gasteiger partial charge in [-0.15, -0.1) is 0 Å². The van der Waals surface area contributed by atoms with Gasteiger partial charge in [0.05, 0.1) is 31.1 Å². The SMILES string of the molecule is COCCN(CCOC)C(=O)NC(CC(N)=O)S(=O)(=O)Cc1ccccn1. The molecule has 0 aliphatic carbocycles. The molecule has 0 fully saturated rings. The number of ether oxygens (including phenoxy) is 2. The first-order chi connectivity index (χ1) is 12.8. The van der Waals surface area contributed by atoms with Gasteiger partial charge in [0.25, 0.3) is 0 Å². The second-order valence-electron chi connectivity index (χ2n) is 5.71. The van der Waals surface area contributed by atoms with E-state index in [4.69, 9.17) is 15.2 Å². The fraction of sp³-hybridized carbons (Fsp3) is 0.562. The minimum absolute atomic E-state index is 0.231. The Hall–Kier alpha value is -2.24. The van der Waals surface area contributed by atoms with E-state index in [9.17, 15) is 18.0 Å². The molecular formula is C16H26N4O6S. The number of aromatic nitrogens is 1. The fourth-order valence-electron chi connectivity index (χ4n) is 2.19. The van der Waals surface area contributed by atoms with Crippen LogP contribution in [0, 0.1) is 0 Å². The second kappa shape index (κ2) is 11.5. The number of rotatable bonds is 12. The second-order valence-corrected chi connectivity index (χ2v) is 7.89. The van der Waals surface area contributed by atoms with E-state index < -0.39 is 39.3 Å². The van der Waals surface area contributed by atoms with Crippen LogP contribution in [0.1, 0.15) is 12.1 Å². The molecule has 152 valence electrons. The van der Waals surface area contributed by atoms with Crippen LogP contribution in [0.2, 0.25) is 0 Å². The van der Waals surface area contributed by atoms with Crippen molar-refractivity contribution < 1.29 is 27.5 Å². The molecule has 0 aromatic carbocycles. The molecule has 0 bridgehead atoms. The minimum atomic E-state index is -3.92. The van der Waals surface area contributed by atoms with E-state index in [1.807, 2.05) is 0 Å². The Morgan fingerprint density at radius 2 is 1.85 bits per heavy atom. The zero-order valence-electron chi connectivity index (χ0n) is 15.5. The van der Waals surface area contributed by atoms with Gasteiger partial charge in [0.15, 0.2) is 9.84 Å². The van der Waals surface area contributed by atoms with Gasteiger partial charge in [-0.3, -0.25) is 9.78 Å². The van der Waals surface area contributed by atoms with Crippen molar-refractivity contribution in [3.63, 3.8) is 0 Å². The van der Waals surface area contributed by atoms with E-state index in [1.165, 1.54) is 25.3 Å². The number of pyridine rings is 1. The van der Waals surface area contributed by atoms with Gasteiger partial charge in [-0.25, -0.2) is 13.2 Å². The Balaban J connectivity index is 2.93. The highest BCUT2D eigenvalue weighted by Gasteiger charge is 2.31. The highest BCUT2D eigenvalue weighted by atomic mass is 32.2. The van der Waals surface area contributed by atoms with Crippen molar-refractivity contribution in [1.29, 1.82) is 0 Å². The van der Waals surface area contributed by atoms with Crippen LogP contribution >= 0.6 is 0 Å². The lowest BCUT2D eigenvalue weighted by Gasteiger charge is -2.25. The van der Waals surface area contributed by atoms with Gasteiger partial charge in [0.1, 0.15) is 5.37 Å². The summed E-state index contributed by atoms with van der Waals surface area (Å²) >= 11 is 0. The molecule has 1 atom stereocenters. The van der Waals surface area contributed by atoms with Gasteiger partial charge in [-0.1, -0.05) is 6.07 Å². The largest absolute Gasteiger partial charge is 0.383 e. The third kappa shape index (κ3) is 8.33. The summed E-state index contributed by atoms with van der Waals surface area (Å²) in [5.74, 6) is -1.27. The third-order valence-corrected chi connectivity index (χ3v) is 5.45. The number of amides is 3. The molecule has 1 unspecified atom stereocenters. The smallest absolute Gasteiger partial charge is 0.318 e. The summed E-state index contributed by atoms with van der Waals surface area (Å²) in [6.07, 6.45) is 0.924. The van der Waals surface area contributed by atoms with Crippen LogP contribution in [0.5, 0.6) is 0 Å². The number of nitrogens with two attached hydrogens (primary N) is 1. The van der Waals surface area contributed by atoms with Gasteiger partial charge in [-0.05, 0) is 12.1 Å². The summed E-state index contributed by atoms with van der Waals surface area (Å²) in [6, 6.07) is 4.20. The van der Waals surface area contributed by atoms with Crippen LogP contribution in [0.4, 0.5) is 4.79 Å². The molecule has 1 heterocycles. The molecule has 0 radical (unpaired) electrons. The molecule has 11 heteroatoms. The molecule has 1 aromatic heterocycles. The monoisotopic (exact) mass is 402 g/mol. The highest BCUT2D eigenvalue weighted by Crippen LogP contribution is 2.11. The van der Waals surface area contributed by atoms with Crippen LogP contribution in [-0.2, 0) is 29.9 Å². The molecule has 3 amide bonds. The number of methoxy groups -OCH3 is 2. The summed E-state index contributed by atoms with van der Waals surface area (Å²) in [4.78, 5) is 29.2. The average molecular weight is 402 g/mol. The minimum Gasteiger partial charge on any atom is -0.383 e. The highest BCUT2D eigenvalue weighted by molar-refractivity contribution is 7.91. The lowest BCUT2D eigenvalue weighted by molar-refractivity contribution is -0.118. The third-order valence-electron chi connectivity index (χ3n) is 3.60. The maximum atomic E-state index is 12.7. The van der Waals surface area contributed by atoms with E-state index in [0.29, 0.717) is 5.69 Å². The molecule has 0 aliphatic heterocycles. The first kappa shape index (κ1) is 22.8. The Kier molecular flexibility index (Phi) is 9.68. The van der Waals surface area contributed by atoms with Crippen LogP contribution in [-0.4, -0.2) is 76.1 Å². The van der Waals surface area contributed by atoms with Gasteiger partial charge >= 0.3 is 6.03 Å². The summed E-state index contributed by atoms with van der Waals surface area (Å²) in [7, 11) is -0.953. The van der Waals surface area contributed by atoms with Crippen molar-refractivity contribution in [2.45, 2.75) is 17.5 Å². The lowest BCUT2D eigenvalue weighted by atomic mass is 10.4. The number of primary amides is 1. The zero-order chi connectivity index (χ0) is 20.3. The zero-order valence-corrected chi connectivity index (χ0v) is 16.3. The van der Waals surface area contributed by atoms with E-state index in [0.717, 1.165) is 0 Å². The van der Waals surface area contributed by atoms with E-state index in [1.54, 1.807) is 18.2 Å². The average Bonchev–Trinajstić information content (AvgIpc) is 2.61. The van der Waals surface area contributed by atoms with Gasteiger partial charge in [-0.2, -0.15) is 0 Å². The summed E-state index contributed by atoms with van der Waals surface area (Å²) in [6.45, 7) is 0.987. The maximum Gasteiger partial charge on any atom is 0.318 e. The molecule has 10 nitrogen and oxygen atoms in total. The number of carbonyl (C=O) groups excluding carboxylic acids is 2. The normalized spacial score (nSPS) is 12.4.